The molecule has 2 N–H and O–H groups in total. The molecule has 2 rings (SSSR count). The number of ether oxygens (including phenoxy) is 1. The van der Waals surface area contributed by atoms with Gasteiger partial charge in [-0.25, -0.2) is 17.9 Å². The van der Waals surface area contributed by atoms with Crippen LogP contribution >= 0.6 is 0 Å². The lowest BCUT2D eigenvalue weighted by molar-refractivity contribution is -0.124. The first-order valence-electron chi connectivity index (χ1n) is 8.90. The van der Waals surface area contributed by atoms with Crippen LogP contribution in [-0.2, 0) is 26.1 Å². The summed E-state index contributed by atoms with van der Waals surface area (Å²) in [4.78, 5) is 23.8. The maximum absolute atomic E-state index is 12.4. The van der Waals surface area contributed by atoms with Gasteiger partial charge in [-0.2, -0.15) is 0 Å². The fourth-order valence-electron chi connectivity index (χ4n) is 2.49. The quantitative estimate of drug-likeness (QED) is 0.583. The highest BCUT2D eigenvalue weighted by atomic mass is 32.2. The first-order chi connectivity index (χ1) is 13.3. The average molecular weight is 408 g/mol. The van der Waals surface area contributed by atoms with Crippen molar-refractivity contribution in [1.29, 1.82) is 0 Å². The summed E-state index contributed by atoms with van der Waals surface area (Å²) >= 11 is 0. The molecule has 2 aromatic rings. The number of rotatable bonds is 10. The molecular weight excluding hydrogens is 384 g/mol. The summed E-state index contributed by atoms with van der Waals surface area (Å²) in [5, 5.41) is 2.72. The molecule has 0 fully saturated rings. The van der Waals surface area contributed by atoms with Gasteiger partial charge in [0.05, 0.1) is 23.3 Å². The van der Waals surface area contributed by atoms with Crippen molar-refractivity contribution < 1.29 is 27.2 Å². The Balaban J connectivity index is 1.95. The van der Waals surface area contributed by atoms with Gasteiger partial charge in [-0.3, -0.25) is 4.79 Å². The minimum Gasteiger partial charge on any atom is -0.468 e. The van der Waals surface area contributed by atoms with Gasteiger partial charge in [-0.1, -0.05) is 19.4 Å². The van der Waals surface area contributed by atoms with E-state index in [9.17, 15) is 18.0 Å². The first kappa shape index (κ1) is 21.6. The summed E-state index contributed by atoms with van der Waals surface area (Å²) in [5.74, 6) is -0.720. The SMILES string of the molecule is CCC[C@@H](C)NC(=O)COC(=O)c1cccc(S(=O)(=O)NCc2ccco2)c1. The van der Waals surface area contributed by atoms with E-state index in [0.717, 1.165) is 12.8 Å². The molecule has 1 aromatic carbocycles. The third-order valence-electron chi connectivity index (χ3n) is 3.86. The lowest BCUT2D eigenvalue weighted by Gasteiger charge is -2.13. The van der Waals surface area contributed by atoms with Gasteiger partial charge >= 0.3 is 5.97 Å². The zero-order valence-corrected chi connectivity index (χ0v) is 16.6. The molecule has 1 aromatic heterocycles. The summed E-state index contributed by atoms with van der Waals surface area (Å²) in [5.41, 5.74) is 0.0373. The molecule has 0 saturated carbocycles. The Hall–Kier alpha value is -2.65. The number of furan rings is 1. The predicted molar refractivity (Wildman–Crippen MR) is 102 cm³/mol. The molecule has 0 saturated heterocycles. The Morgan fingerprint density at radius 1 is 1.21 bits per heavy atom. The third-order valence-corrected chi connectivity index (χ3v) is 5.26. The van der Waals surface area contributed by atoms with Crippen LogP contribution in [0.2, 0.25) is 0 Å². The number of amides is 1. The van der Waals surface area contributed by atoms with Gasteiger partial charge in [0.15, 0.2) is 6.61 Å². The molecule has 9 heteroatoms. The van der Waals surface area contributed by atoms with E-state index in [-0.39, 0.29) is 23.0 Å². The Morgan fingerprint density at radius 2 is 2.00 bits per heavy atom. The van der Waals surface area contributed by atoms with Crippen molar-refractivity contribution in [3.8, 4) is 0 Å². The number of carbonyl (C=O) groups excluding carboxylic acids is 2. The Kier molecular flexibility index (Phi) is 7.77. The lowest BCUT2D eigenvalue weighted by Crippen LogP contribution is -2.35. The molecule has 0 aliphatic carbocycles. The second-order valence-corrected chi connectivity index (χ2v) is 8.03. The molecule has 28 heavy (non-hydrogen) atoms. The molecule has 152 valence electrons. The molecule has 0 spiro atoms. The number of sulfonamides is 1. The predicted octanol–water partition coefficient (Wildman–Crippen LogP) is 2.22. The van der Waals surface area contributed by atoms with E-state index in [2.05, 4.69) is 10.0 Å². The van der Waals surface area contributed by atoms with Crippen molar-refractivity contribution in [2.24, 2.45) is 0 Å². The van der Waals surface area contributed by atoms with Gasteiger partial charge < -0.3 is 14.5 Å². The second kappa shape index (κ2) is 10.0. The van der Waals surface area contributed by atoms with Crippen LogP contribution in [-0.4, -0.2) is 32.9 Å². The summed E-state index contributed by atoms with van der Waals surface area (Å²) in [7, 11) is -3.84. The van der Waals surface area contributed by atoms with Crippen molar-refractivity contribution in [2.45, 2.75) is 44.2 Å². The van der Waals surface area contributed by atoms with Crippen molar-refractivity contribution >= 4 is 21.9 Å². The molecule has 1 amide bonds. The van der Waals surface area contributed by atoms with Crippen molar-refractivity contribution in [1.82, 2.24) is 10.0 Å². The Bertz CT molecular complexity index is 893. The summed E-state index contributed by atoms with van der Waals surface area (Å²) in [6.07, 6.45) is 3.19. The van der Waals surface area contributed by atoms with E-state index < -0.39 is 28.5 Å². The fraction of sp³-hybridized carbons (Fsp3) is 0.368. The van der Waals surface area contributed by atoms with Crippen molar-refractivity contribution in [3.63, 3.8) is 0 Å². The molecule has 0 radical (unpaired) electrons. The van der Waals surface area contributed by atoms with Gasteiger partial charge in [0, 0.05) is 6.04 Å². The maximum Gasteiger partial charge on any atom is 0.338 e. The summed E-state index contributed by atoms with van der Waals surface area (Å²) in [6, 6.07) is 8.70. The molecule has 1 heterocycles. The van der Waals surface area contributed by atoms with Gasteiger partial charge in [0.2, 0.25) is 10.0 Å². The van der Waals surface area contributed by atoms with E-state index in [0.29, 0.717) is 5.76 Å². The summed E-state index contributed by atoms with van der Waals surface area (Å²) in [6.45, 7) is 3.43. The van der Waals surface area contributed by atoms with Crippen LogP contribution in [0.15, 0.2) is 52.0 Å². The van der Waals surface area contributed by atoms with Crippen LogP contribution in [0.1, 0.15) is 42.8 Å². The minimum absolute atomic E-state index is 0.00934. The number of hydrogen-bond acceptors (Lipinski definition) is 6. The molecule has 0 unspecified atom stereocenters. The zero-order valence-electron chi connectivity index (χ0n) is 15.8. The van der Waals surface area contributed by atoms with Crippen LogP contribution in [0.4, 0.5) is 0 Å². The molecule has 0 aliphatic rings. The number of hydrogen-bond donors (Lipinski definition) is 2. The molecule has 0 aliphatic heterocycles. The molecule has 0 bridgehead atoms. The van der Waals surface area contributed by atoms with Crippen LogP contribution in [0.3, 0.4) is 0 Å². The fourth-order valence-corrected chi connectivity index (χ4v) is 3.53. The third kappa shape index (κ3) is 6.50. The molecule has 8 nitrogen and oxygen atoms in total. The van der Waals surface area contributed by atoms with E-state index >= 15 is 0 Å². The highest BCUT2D eigenvalue weighted by Gasteiger charge is 2.18. The van der Waals surface area contributed by atoms with E-state index in [1.54, 1.807) is 12.1 Å². The molecule has 1 atom stereocenters. The minimum atomic E-state index is -3.84. The number of nitrogens with one attached hydrogen (secondary N) is 2. The van der Waals surface area contributed by atoms with E-state index in [1.165, 1.54) is 30.5 Å². The number of esters is 1. The standard InChI is InChI=1S/C19H24N2O6S/c1-3-6-14(2)21-18(22)13-27-19(23)15-7-4-9-17(11-15)28(24,25)20-12-16-8-5-10-26-16/h4-5,7-11,14,20H,3,6,12-13H2,1-2H3,(H,21,22)/t14-/m1/s1. The van der Waals surface area contributed by atoms with Gasteiger partial charge in [-0.05, 0) is 43.7 Å². The highest BCUT2D eigenvalue weighted by molar-refractivity contribution is 7.89. The van der Waals surface area contributed by atoms with Gasteiger partial charge in [0.25, 0.3) is 5.91 Å². The van der Waals surface area contributed by atoms with E-state index in [1.807, 2.05) is 13.8 Å². The molecular formula is C19H24N2O6S. The maximum atomic E-state index is 12.4. The van der Waals surface area contributed by atoms with Crippen LogP contribution in [0.5, 0.6) is 0 Å². The van der Waals surface area contributed by atoms with Crippen LogP contribution < -0.4 is 10.0 Å². The Morgan fingerprint density at radius 3 is 2.68 bits per heavy atom. The number of carbonyl (C=O) groups is 2. The summed E-state index contributed by atoms with van der Waals surface area (Å²) < 4.78 is 37.2. The van der Waals surface area contributed by atoms with Gasteiger partial charge in [0.1, 0.15) is 5.76 Å². The monoisotopic (exact) mass is 408 g/mol. The second-order valence-electron chi connectivity index (χ2n) is 6.27. The van der Waals surface area contributed by atoms with E-state index in [4.69, 9.17) is 9.15 Å². The zero-order chi connectivity index (χ0) is 20.6. The highest BCUT2D eigenvalue weighted by Crippen LogP contribution is 2.13. The smallest absolute Gasteiger partial charge is 0.338 e. The largest absolute Gasteiger partial charge is 0.468 e. The van der Waals surface area contributed by atoms with Crippen molar-refractivity contribution in [3.05, 3.63) is 54.0 Å². The topological polar surface area (TPSA) is 115 Å². The lowest BCUT2D eigenvalue weighted by atomic mass is 10.2. The average Bonchev–Trinajstić information content (AvgIpc) is 3.18. The van der Waals surface area contributed by atoms with Crippen LogP contribution in [0, 0.1) is 0 Å². The Labute approximate surface area is 164 Å². The first-order valence-corrected chi connectivity index (χ1v) is 10.4. The van der Waals surface area contributed by atoms with Crippen molar-refractivity contribution in [2.75, 3.05) is 6.61 Å². The number of benzene rings is 1. The normalized spacial score (nSPS) is 12.4. The van der Waals surface area contributed by atoms with Crippen LogP contribution in [0.25, 0.3) is 0 Å². The van der Waals surface area contributed by atoms with Gasteiger partial charge in [-0.15, -0.1) is 0 Å².